The smallest absolute Gasteiger partial charge is 0.306 e. The molecule has 0 radical (unpaired) electrons. The number of carbonyl (C=O) groups is 1. The maximum atomic E-state index is 11.2. The van der Waals surface area contributed by atoms with E-state index >= 15 is 0 Å². The van der Waals surface area contributed by atoms with Gasteiger partial charge in [0, 0.05) is 16.7 Å². The molecule has 1 heterocycles. The van der Waals surface area contributed by atoms with Crippen molar-refractivity contribution in [1.29, 1.82) is 0 Å². The van der Waals surface area contributed by atoms with Crippen molar-refractivity contribution in [2.24, 2.45) is 0 Å². The van der Waals surface area contributed by atoms with Crippen LogP contribution in [0.5, 0.6) is 5.75 Å². The van der Waals surface area contributed by atoms with Crippen LogP contribution in [0.25, 0.3) is 0 Å². The molecule has 0 saturated carbocycles. The second kappa shape index (κ2) is 9.18. The predicted molar refractivity (Wildman–Crippen MR) is 94.2 cm³/mol. The molecule has 1 aromatic carbocycles. The van der Waals surface area contributed by atoms with E-state index in [0.717, 1.165) is 38.2 Å². The van der Waals surface area contributed by atoms with E-state index in [1.54, 1.807) is 0 Å². The molecule has 1 aliphatic rings. The summed E-state index contributed by atoms with van der Waals surface area (Å²) in [5, 5.41) is 0.612. The van der Waals surface area contributed by atoms with Crippen LogP contribution in [0, 0.1) is 0 Å². The zero-order valence-electron chi connectivity index (χ0n) is 14.3. The number of thioether (sulfide) groups is 1. The van der Waals surface area contributed by atoms with Gasteiger partial charge >= 0.3 is 5.97 Å². The van der Waals surface area contributed by atoms with Gasteiger partial charge in [0.15, 0.2) is 0 Å². The number of carbonyl (C=O) groups excluding carboxylic acids is 1. The number of likely N-dealkylation sites (tertiary alicyclic amines) is 1. The number of nitrogens with zero attached hydrogens (tertiary/aromatic N) is 1. The summed E-state index contributed by atoms with van der Waals surface area (Å²) in [5.41, 5.74) is 0. The Morgan fingerprint density at radius 1 is 1.30 bits per heavy atom. The van der Waals surface area contributed by atoms with Gasteiger partial charge in [-0.1, -0.05) is 12.1 Å². The fourth-order valence-electron chi connectivity index (χ4n) is 2.68. The Bertz CT molecular complexity index is 499. The van der Waals surface area contributed by atoms with E-state index in [0.29, 0.717) is 11.7 Å². The van der Waals surface area contributed by atoms with Gasteiger partial charge in [0.05, 0.1) is 19.6 Å². The maximum Gasteiger partial charge on any atom is 0.306 e. The summed E-state index contributed by atoms with van der Waals surface area (Å²) in [6.07, 6.45) is 2.96. The van der Waals surface area contributed by atoms with Crippen molar-refractivity contribution in [3.63, 3.8) is 0 Å². The van der Waals surface area contributed by atoms with E-state index < -0.39 is 0 Å². The molecule has 128 valence electrons. The van der Waals surface area contributed by atoms with Crippen molar-refractivity contribution in [3.05, 3.63) is 24.3 Å². The highest BCUT2D eigenvalue weighted by Crippen LogP contribution is 2.36. The van der Waals surface area contributed by atoms with Gasteiger partial charge in [-0.05, 0) is 51.9 Å². The van der Waals surface area contributed by atoms with Crippen molar-refractivity contribution >= 4 is 17.7 Å². The van der Waals surface area contributed by atoms with Gasteiger partial charge in [0.1, 0.15) is 5.75 Å². The van der Waals surface area contributed by atoms with Gasteiger partial charge in [-0.3, -0.25) is 4.79 Å². The highest BCUT2D eigenvalue weighted by molar-refractivity contribution is 8.00. The first-order valence-electron chi connectivity index (χ1n) is 8.30. The lowest BCUT2D eigenvalue weighted by molar-refractivity contribution is -0.141. The number of benzene rings is 1. The Morgan fingerprint density at radius 2 is 2.00 bits per heavy atom. The number of piperidine rings is 1. The van der Waals surface area contributed by atoms with Crippen molar-refractivity contribution in [2.75, 3.05) is 26.7 Å². The van der Waals surface area contributed by atoms with Crippen molar-refractivity contribution in [2.45, 2.75) is 49.4 Å². The van der Waals surface area contributed by atoms with Crippen LogP contribution in [0.1, 0.15) is 33.1 Å². The third-order valence-corrected chi connectivity index (χ3v) is 5.30. The molecule has 0 spiro atoms. The molecule has 1 aromatic rings. The molecule has 1 saturated heterocycles. The number of hydrogen-bond donors (Lipinski definition) is 0. The minimum Gasteiger partial charge on any atom is -0.490 e. The average molecular weight is 337 g/mol. The Labute approximate surface area is 143 Å². The minimum absolute atomic E-state index is 0.124. The third kappa shape index (κ3) is 6.07. The highest BCUT2D eigenvalue weighted by atomic mass is 32.2. The van der Waals surface area contributed by atoms with Gasteiger partial charge < -0.3 is 14.4 Å². The Balaban J connectivity index is 1.81. The van der Waals surface area contributed by atoms with Gasteiger partial charge in [0.25, 0.3) is 0 Å². The van der Waals surface area contributed by atoms with E-state index in [2.05, 4.69) is 30.9 Å². The van der Waals surface area contributed by atoms with Crippen LogP contribution in [-0.2, 0) is 9.53 Å². The monoisotopic (exact) mass is 337 g/mol. The van der Waals surface area contributed by atoms with E-state index in [9.17, 15) is 4.79 Å². The Hall–Kier alpha value is -1.20. The van der Waals surface area contributed by atoms with Crippen LogP contribution in [0.4, 0.5) is 0 Å². The van der Waals surface area contributed by atoms with E-state index in [-0.39, 0.29) is 12.1 Å². The van der Waals surface area contributed by atoms with Crippen LogP contribution in [-0.4, -0.2) is 49.0 Å². The number of rotatable bonds is 7. The molecule has 0 unspecified atom stereocenters. The van der Waals surface area contributed by atoms with Crippen molar-refractivity contribution in [1.82, 2.24) is 4.90 Å². The number of methoxy groups -OCH3 is 1. The fourth-order valence-corrected chi connectivity index (χ4v) is 3.88. The quantitative estimate of drug-likeness (QED) is 0.711. The molecule has 23 heavy (non-hydrogen) atoms. The summed E-state index contributed by atoms with van der Waals surface area (Å²) in [6.45, 7) is 7.00. The van der Waals surface area contributed by atoms with Crippen LogP contribution in [0.15, 0.2) is 29.2 Å². The third-order valence-electron chi connectivity index (χ3n) is 3.90. The van der Waals surface area contributed by atoms with Crippen LogP contribution in [0.2, 0.25) is 0 Å². The number of para-hydroxylation sites is 1. The molecule has 0 amide bonds. The Kier molecular flexibility index (Phi) is 7.24. The van der Waals surface area contributed by atoms with E-state index in [1.807, 2.05) is 23.9 Å². The largest absolute Gasteiger partial charge is 0.490 e. The SMILES string of the molecule is COC(=O)CCN1CCC(Sc2ccccc2OC(C)C)CC1. The highest BCUT2D eigenvalue weighted by Gasteiger charge is 2.21. The molecule has 1 aliphatic heterocycles. The zero-order chi connectivity index (χ0) is 16.7. The van der Waals surface area contributed by atoms with Crippen molar-refractivity contribution in [3.8, 4) is 5.75 Å². The lowest BCUT2D eigenvalue weighted by atomic mass is 10.1. The molecule has 5 heteroatoms. The number of esters is 1. The summed E-state index contributed by atoms with van der Waals surface area (Å²) in [4.78, 5) is 14.8. The predicted octanol–water partition coefficient (Wildman–Crippen LogP) is 3.59. The molecule has 0 N–H and O–H groups in total. The standard InChI is InChI=1S/C18H27NO3S/c1-14(2)22-16-6-4-5-7-17(16)23-15-8-11-19(12-9-15)13-10-18(20)21-3/h4-7,14-15H,8-13H2,1-3H3. The summed E-state index contributed by atoms with van der Waals surface area (Å²) in [6, 6.07) is 8.29. The van der Waals surface area contributed by atoms with Crippen LogP contribution < -0.4 is 4.74 Å². The lowest BCUT2D eigenvalue weighted by Crippen LogP contribution is -2.36. The van der Waals surface area contributed by atoms with E-state index in [4.69, 9.17) is 9.47 Å². The van der Waals surface area contributed by atoms with Crippen LogP contribution >= 0.6 is 11.8 Å². The number of ether oxygens (including phenoxy) is 2. The summed E-state index contributed by atoms with van der Waals surface area (Å²) in [5.74, 6) is 0.863. The second-order valence-corrected chi connectivity index (χ2v) is 7.44. The summed E-state index contributed by atoms with van der Waals surface area (Å²) < 4.78 is 10.6. The molecule has 0 aromatic heterocycles. The minimum atomic E-state index is -0.124. The lowest BCUT2D eigenvalue weighted by Gasteiger charge is -2.31. The first kappa shape index (κ1) is 18.1. The summed E-state index contributed by atoms with van der Waals surface area (Å²) in [7, 11) is 1.45. The van der Waals surface area contributed by atoms with Crippen molar-refractivity contribution < 1.29 is 14.3 Å². The first-order valence-corrected chi connectivity index (χ1v) is 9.18. The molecule has 0 atom stereocenters. The second-order valence-electron chi connectivity index (χ2n) is 6.10. The molecule has 1 fully saturated rings. The number of hydrogen-bond acceptors (Lipinski definition) is 5. The van der Waals surface area contributed by atoms with Crippen LogP contribution in [0.3, 0.4) is 0 Å². The fraction of sp³-hybridized carbons (Fsp3) is 0.611. The normalized spacial score (nSPS) is 16.5. The molecule has 0 bridgehead atoms. The molecular weight excluding hydrogens is 310 g/mol. The van der Waals surface area contributed by atoms with Gasteiger partial charge in [-0.2, -0.15) is 0 Å². The average Bonchev–Trinajstić information content (AvgIpc) is 2.55. The van der Waals surface area contributed by atoms with Gasteiger partial charge in [-0.15, -0.1) is 11.8 Å². The summed E-state index contributed by atoms with van der Waals surface area (Å²) >= 11 is 1.92. The maximum absolute atomic E-state index is 11.2. The van der Waals surface area contributed by atoms with Gasteiger partial charge in [0.2, 0.25) is 0 Å². The first-order chi connectivity index (χ1) is 11.1. The topological polar surface area (TPSA) is 38.8 Å². The Morgan fingerprint density at radius 3 is 2.65 bits per heavy atom. The molecule has 4 nitrogen and oxygen atoms in total. The molecular formula is C18H27NO3S. The molecule has 0 aliphatic carbocycles. The zero-order valence-corrected chi connectivity index (χ0v) is 15.1. The van der Waals surface area contributed by atoms with Gasteiger partial charge in [-0.25, -0.2) is 0 Å². The molecule has 2 rings (SSSR count). The van der Waals surface area contributed by atoms with E-state index in [1.165, 1.54) is 12.0 Å².